The van der Waals surface area contributed by atoms with E-state index in [9.17, 15) is 13.2 Å². The Morgan fingerprint density at radius 2 is 2.08 bits per heavy atom. The Labute approximate surface area is 143 Å². The van der Waals surface area contributed by atoms with Crippen molar-refractivity contribution in [2.45, 2.75) is 23.7 Å². The van der Waals surface area contributed by atoms with Gasteiger partial charge in [0, 0.05) is 6.54 Å². The molecule has 2 aromatic rings. The van der Waals surface area contributed by atoms with Crippen molar-refractivity contribution < 1.29 is 22.7 Å². The molecule has 1 aromatic carbocycles. The summed E-state index contributed by atoms with van der Waals surface area (Å²) in [5, 5.41) is 4.36. The van der Waals surface area contributed by atoms with Crippen molar-refractivity contribution in [1.29, 1.82) is 0 Å². The molecule has 0 aliphatic carbocycles. The number of carbonyl (C=O) groups excluding carboxylic acids is 1. The molecule has 0 unspecified atom stereocenters. The fraction of sp³-hybridized carbons (Fsp3) is 0.267. The molecule has 128 valence electrons. The van der Waals surface area contributed by atoms with Crippen LogP contribution in [-0.4, -0.2) is 27.2 Å². The summed E-state index contributed by atoms with van der Waals surface area (Å²) in [5.41, 5.74) is 0.834. The molecule has 9 heteroatoms. The van der Waals surface area contributed by atoms with E-state index in [1.807, 2.05) is 6.07 Å². The van der Waals surface area contributed by atoms with Crippen molar-refractivity contribution in [2.24, 2.45) is 0 Å². The van der Waals surface area contributed by atoms with Crippen LogP contribution in [0.25, 0.3) is 0 Å². The maximum absolute atomic E-state index is 12.1. The van der Waals surface area contributed by atoms with Gasteiger partial charge in [0.25, 0.3) is 10.0 Å². The molecule has 1 atom stereocenters. The average Bonchev–Trinajstić information content (AvgIpc) is 3.22. The van der Waals surface area contributed by atoms with Gasteiger partial charge in [-0.15, -0.1) is 11.3 Å². The van der Waals surface area contributed by atoms with Gasteiger partial charge in [0.2, 0.25) is 12.7 Å². The third kappa shape index (κ3) is 3.69. The van der Waals surface area contributed by atoms with Crippen LogP contribution in [0.15, 0.2) is 39.9 Å². The highest BCUT2D eigenvalue weighted by Crippen LogP contribution is 2.32. The van der Waals surface area contributed by atoms with Crippen LogP contribution in [0, 0.1) is 0 Å². The molecule has 0 spiro atoms. The van der Waals surface area contributed by atoms with Crippen molar-refractivity contribution in [3.05, 3.63) is 41.3 Å². The van der Waals surface area contributed by atoms with Gasteiger partial charge in [-0.25, -0.2) is 8.42 Å². The maximum atomic E-state index is 12.1. The topological polar surface area (TPSA) is 93.7 Å². The van der Waals surface area contributed by atoms with E-state index in [1.54, 1.807) is 23.6 Å². The lowest BCUT2D eigenvalue weighted by molar-refractivity contribution is -0.122. The number of sulfonamides is 1. The molecule has 1 aliphatic rings. The molecule has 1 aliphatic heterocycles. The van der Waals surface area contributed by atoms with Gasteiger partial charge in [-0.2, -0.15) is 4.72 Å². The van der Waals surface area contributed by atoms with Gasteiger partial charge in [0.15, 0.2) is 11.5 Å². The number of carbonyl (C=O) groups is 1. The Morgan fingerprint density at radius 1 is 1.29 bits per heavy atom. The second kappa shape index (κ2) is 6.80. The number of amides is 1. The van der Waals surface area contributed by atoms with E-state index < -0.39 is 22.0 Å². The third-order valence-corrected chi connectivity index (χ3v) is 6.33. The number of ether oxygens (including phenoxy) is 2. The zero-order valence-corrected chi connectivity index (χ0v) is 14.4. The van der Waals surface area contributed by atoms with Crippen LogP contribution >= 0.6 is 11.3 Å². The lowest BCUT2D eigenvalue weighted by atomic mass is 10.2. The maximum Gasteiger partial charge on any atom is 0.250 e. The zero-order valence-electron chi connectivity index (χ0n) is 12.8. The van der Waals surface area contributed by atoms with Gasteiger partial charge in [-0.05, 0) is 36.1 Å². The molecule has 2 heterocycles. The van der Waals surface area contributed by atoms with Crippen LogP contribution < -0.4 is 19.5 Å². The van der Waals surface area contributed by atoms with E-state index in [0.29, 0.717) is 11.5 Å². The molecule has 0 saturated heterocycles. The van der Waals surface area contributed by atoms with Gasteiger partial charge >= 0.3 is 0 Å². The normalized spacial score (nSPS) is 14.4. The molecule has 2 N–H and O–H groups in total. The molecule has 7 nitrogen and oxygen atoms in total. The van der Waals surface area contributed by atoms with E-state index in [1.165, 1.54) is 13.0 Å². The Kier molecular flexibility index (Phi) is 4.74. The van der Waals surface area contributed by atoms with Gasteiger partial charge < -0.3 is 14.8 Å². The number of nitrogens with one attached hydrogen (secondary N) is 2. The number of benzene rings is 1. The number of thiophene rings is 1. The predicted octanol–water partition coefficient (Wildman–Crippen LogP) is 1.46. The monoisotopic (exact) mass is 368 g/mol. The van der Waals surface area contributed by atoms with Crippen LogP contribution in [0.2, 0.25) is 0 Å². The van der Waals surface area contributed by atoms with Crippen molar-refractivity contribution in [2.75, 3.05) is 6.79 Å². The summed E-state index contributed by atoms with van der Waals surface area (Å²) in [7, 11) is -3.68. The molecule has 0 radical (unpaired) electrons. The lowest BCUT2D eigenvalue weighted by Gasteiger charge is -2.14. The van der Waals surface area contributed by atoms with Crippen molar-refractivity contribution in [3.63, 3.8) is 0 Å². The zero-order chi connectivity index (χ0) is 17.2. The highest BCUT2D eigenvalue weighted by molar-refractivity contribution is 7.91. The molecule has 0 bridgehead atoms. The first-order valence-corrected chi connectivity index (χ1v) is 9.54. The van der Waals surface area contributed by atoms with E-state index in [4.69, 9.17) is 9.47 Å². The molecule has 1 amide bonds. The van der Waals surface area contributed by atoms with Crippen molar-refractivity contribution in [3.8, 4) is 11.5 Å². The summed E-state index contributed by atoms with van der Waals surface area (Å²) in [5.74, 6) is 0.892. The minimum absolute atomic E-state index is 0.179. The van der Waals surface area contributed by atoms with E-state index in [0.717, 1.165) is 16.9 Å². The van der Waals surface area contributed by atoms with Crippen LogP contribution in [0.5, 0.6) is 11.5 Å². The number of fused-ring (bicyclic) bond motifs is 1. The van der Waals surface area contributed by atoms with Gasteiger partial charge in [-0.3, -0.25) is 4.79 Å². The lowest BCUT2D eigenvalue weighted by Crippen LogP contribution is -2.44. The van der Waals surface area contributed by atoms with E-state index >= 15 is 0 Å². The number of hydrogen-bond acceptors (Lipinski definition) is 6. The minimum Gasteiger partial charge on any atom is -0.454 e. The molecular formula is C15H16N2O5S2. The number of rotatable bonds is 6. The summed E-state index contributed by atoms with van der Waals surface area (Å²) in [6.07, 6.45) is 0. The third-order valence-electron chi connectivity index (χ3n) is 3.39. The van der Waals surface area contributed by atoms with Gasteiger partial charge in [-0.1, -0.05) is 12.1 Å². The molecule has 0 saturated carbocycles. The summed E-state index contributed by atoms with van der Waals surface area (Å²) in [4.78, 5) is 12.1. The van der Waals surface area contributed by atoms with Gasteiger partial charge in [0.1, 0.15) is 4.21 Å². The molecule has 1 aromatic heterocycles. The van der Waals surface area contributed by atoms with Crippen LogP contribution in [0.3, 0.4) is 0 Å². The SMILES string of the molecule is C[C@H](NS(=O)(=O)c1cccs1)C(=O)NCc1ccc2c(c1)OCO2. The first kappa shape index (κ1) is 16.7. The predicted molar refractivity (Wildman–Crippen MR) is 88.5 cm³/mol. The summed E-state index contributed by atoms with van der Waals surface area (Å²) < 4.78 is 37.2. The Bertz CT molecular complexity index is 834. The highest BCUT2D eigenvalue weighted by atomic mass is 32.2. The fourth-order valence-corrected chi connectivity index (χ4v) is 4.37. The molecule has 0 fully saturated rings. The standard InChI is InChI=1S/C15H16N2O5S2/c1-10(17-24(19,20)14-3-2-6-23-14)15(18)16-8-11-4-5-12-13(7-11)22-9-21-12/h2-7,10,17H,8-9H2,1H3,(H,16,18)/t10-/m0/s1. The minimum atomic E-state index is -3.68. The van der Waals surface area contributed by atoms with Gasteiger partial charge in [0.05, 0.1) is 6.04 Å². The second-order valence-electron chi connectivity index (χ2n) is 5.18. The average molecular weight is 368 g/mol. The van der Waals surface area contributed by atoms with E-state index in [-0.39, 0.29) is 17.5 Å². The van der Waals surface area contributed by atoms with Crippen molar-refractivity contribution in [1.82, 2.24) is 10.0 Å². The Morgan fingerprint density at radius 3 is 2.83 bits per heavy atom. The molecular weight excluding hydrogens is 352 g/mol. The molecule has 3 rings (SSSR count). The van der Waals surface area contributed by atoms with Crippen LogP contribution in [0.4, 0.5) is 0 Å². The first-order chi connectivity index (χ1) is 11.5. The number of hydrogen-bond donors (Lipinski definition) is 2. The fourth-order valence-electron chi connectivity index (χ4n) is 2.15. The summed E-state index contributed by atoms with van der Waals surface area (Å²) in [6.45, 7) is 1.95. The first-order valence-electron chi connectivity index (χ1n) is 7.18. The largest absolute Gasteiger partial charge is 0.454 e. The highest BCUT2D eigenvalue weighted by Gasteiger charge is 2.22. The summed E-state index contributed by atoms with van der Waals surface area (Å²) >= 11 is 1.10. The quantitative estimate of drug-likeness (QED) is 0.805. The second-order valence-corrected chi connectivity index (χ2v) is 8.07. The molecule has 24 heavy (non-hydrogen) atoms. The Balaban J connectivity index is 1.57. The summed E-state index contributed by atoms with van der Waals surface area (Å²) in [6, 6.07) is 7.61. The smallest absolute Gasteiger partial charge is 0.250 e. The van der Waals surface area contributed by atoms with Crippen molar-refractivity contribution >= 4 is 27.3 Å². The van der Waals surface area contributed by atoms with Crippen LogP contribution in [0.1, 0.15) is 12.5 Å². The van der Waals surface area contributed by atoms with Crippen LogP contribution in [-0.2, 0) is 21.4 Å². The van der Waals surface area contributed by atoms with E-state index in [2.05, 4.69) is 10.0 Å². The Hall–Kier alpha value is -2.10.